The van der Waals surface area contributed by atoms with E-state index in [-0.39, 0.29) is 32.3 Å². The number of carbonyl (C=O) groups excluding carboxylic acids is 2. The number of amides is 2. The fraction of sp³-hybridized carbons (Fsp3) is 0.857. The van der Waals surface area contributed by atoms with Crippen LogP contribution in [0, 0.1) is 0 Å². The molecule has 1 fully saturated rings. The number of imide groups is 1. The number of carboxylic acid groups (broad SMARTS) is 1. The SMILES string of the molecule is CCOP1(=O)CCNC[C@@]1(CCCCN(C(=O)OC(C)(C)C)C(=O)OC(C)(C)C)C(=O)O. The highest BCUT2D eigenvalue weighted by Gasteiger charge is 2.56. The normalized spacial score (nSPS) is 24.0. The second kappa shape index (κ2) is 11.0. The van der Waals surface area contributed by atoms with Crippen LogP contribution in [0.5, 0.6) is 0 Å². The molecule has 0 aromatic rings. The summed E-state index contributed by atoms with van der Waals surface area (Å²) in [4.78, 5) is 38.2. The minimum Gasteiger partial charge on any atom is -0.480 e. The molecule has 1 saturated heterocycles. The standard InChI is InChI=1S/C21H39N2O8P/c1-8-29-32(28)14-12-22-15-21(32,16(24)25)11-9-10-13-23(17(26)30-19(2,3)4)18(27)31-20(5,6)7/h22H,8-15H2,1-7H3,(H,24,25)/t21-,32?/m0/s1. The molecule has 32 heavy (non-hydrogen) atoms. The van der Waals surface area contributed by atoms with Crippen LogP contribution in [0.2, 0.25) is 0 Å². The molecular formula is C21H39N2O8P. The van der Waals surface area contributed by atoms with Crippen molar-refractivity contribution in [1.82, 2.24) is 10.2 Å². The van der Waals surface area contributed by atoms with Gasteiger partial charge in [0.1, 0.15) is 11.2 Å². The number of ether oxygens (including phenoxy) is 2. The molecular weight excluding hydrogens is 439 g/mol. The van der Waals surface area contributed by atoms with E-state index in [2.05, 4.69) is 5.32 Å². The van der Waals surface area contributed by atoms with Gasteiger partial charge in [-0.15, -0.1) is 0 Å². The van der Waals surface area contributed by atoms with Crippen molar-refractivity contribution in [2.24, 2.45) is 0 Å². The van der Waals surface area contributed by atoms with E-state index in [1.807, 2.05) is 0 Å². The number of aliphatic carboxylic acids is 1. The van der Waals surface area contributed by atoms with Crippen molar-refractivity contribution < 1.29 is 38.1 Å². The third-order valence-corrected chi connectivity index (χ3v) is 8.20. The lowest BCUT2D eigenvalue weighted by Crippen LogP contribution is -2.53. The van der Waals surface area contributed by atoms with Crippen LogP contribution in [0.3, 0.4) is 0 Å². The molecule has 1 unspecified atom stereocenters. The van der Waals surface area contributed by atoms with Crippen LogP contribution in [0.4, 0.5) is 9.59 Å². The number of rotatable bonds is 8. The second-order valence-electron chi connectivity index (χ2n) is 9.90. The number of carbonyl (C=O) groups is 3. The molecule has 2 N–H and O–H groups in total. The number of nitrogens with zero attached hydrogens (tertiary/aromatic N) is 1. The molecule has 1 aliphatic heterocycles. The minimum atomic E-state index is -3.43. The first-order valence-electron chi connectivity index (χ1n) is 11.0. The Morgan fingerprint density at radius 2 is 1.56 bits per heavy atom. The Kier molecular flexibility index (Phi) is 9.75. The van der Waals surface area contributed by atoms with Crippen LogP contribution in [-0.2, 0) is 23.4 Å². The fourth-order valence-electron chi connectivity index (χ4n) is 3.42. The number of hydrogen-bond donors (Lipinski definition) is 2. The summed E-state index contributed by atoms with van der Waals surface area (Å²) in [6, 6.07) is 0. The lowest BCUT2D eigenvalue weighted by atomic mass is 10.0. The largest absolute Gasteiger partial charge is 0.480 e. The van der Waals surface area contributed by atoms with Gasteiger partial charge in [0.05, 0.1) is 6.61 Å². The summed E-state index contributed by atoms with van der Waals surface area (Å²) >= 11 is 0. The van der Waals surface area contributed by atoms with E-state index >= 15 is 0 Å². The zero-order chi connectivity index (χ0) is 24.8. The maximum Gasteiger partial charge on any atom is 0.419 e. The van der Waals surface area contributed by atoms with Gasteiger partial charge in [-0.05, 0) is 67.7 Å². The topological polar surface area (TPSA) is 131 Å². The molecule has 0 radical (unpaired) electrons. The number of nitrogens with one attached hydrogen (secondary N) is 1. The third-order valence-electron chi connectivity index (χ3n) is 4.84. The van der Waals surface area contributed by atoms with Crippen molar-refractivity contribution in [3.63, 3.8) is 0 Å². The van der Waals surface area contributed by atoms with E-state index in [1.165, 1.54) is 0 Å². The summed E-state index contributed by atoms with van der Waals surface area (Å²) in [6.07, 6.45) is -0.830. The van der Waals surface area contributed by atoms with E-state index in [0.717, 1.165) is 4.90 Å². The van der Waals surface area contributed by atoms with E-state index in [1.54, 1.807) is 48.5 Å². The first-order valence-corrected chi connectivity index (χ1v) is 12.8. The molecule has 186 valence electrons. The summed E-state index contributed by atoms with van der Waals surface area (Å²) in [5.41, 5.74) is -1.61. The van der Waals surface area contributed by atoms with Gasteiger partial charge in [0, 0.05) is 25.8 Å². The van der Waals surface area contributed by atoms with Crippen molar-refractivity contribution >= 4 is 25.5 Å². The van der Waals surface area contributed by atoms with Gasteiger partial charge < -0.3 is 24.4 Å². The first-order chi connectivity index (χ1) is 14.6. The van der Waals surface area contributed by atoms with Crippen molar-refractivity contribution in [1.29, 1.82) is 0 Å². The van der Waals surface area contributed by atoms with Crippen LogP contribution in [0.1, 0.15) is 67.7 Å². The van der Waals surface area contributed by atoms with Crippen LogP contribution in [0.25, 0.3) is 0 Å². The van der Waals surface area contributed by atoms with Gasteiger partial charge in [-0.25, -0.2) is 14.5 Å². The Labute approximate surface area is 190 Å². The first kappa shape index (κ1) is 28.4. The average Bonchev–Trinajstić information content (AvgIpc) is 2.59. The van der Waals surface area contributed by atoms with Crippen LogP contribution in [0.15, 0.2) is 0 Å². The van der Waals surface area contributed by atoms with E-state index < -0.39 is 41.9 Å². The van der Waals surface area contributed by atoms with E-state index in [0.29, 0.717) is 19.4 Å². The van der Waals surface area contributed by atoms with Crippen LogP contribution in [-0.4, -0.2) is 76.9 Å². The fourth-order valence-corrected chi connectivity index (χ4v) is 6.23. The summed E-state index contributed by atoms with van der Waals surface area (Å²) in [5.74, 6) is -1.17. The Balaban J connectivity index is 2.93. The van der Waals surface area contributed by atoms with E-state index in [4.69, 9.17) is 14.0 Å². The smallest absolute Gasteiger partial charge is 0.419 e. The van der Waals surface area contributed by atoms with Crippen molar-refractivity contribution in [3.05, 3.63) is 0 Å². The summed E-state index contributed by atoms with van der Waals surface area (Å²) in [7, 11) is -3.43. The van der Waals surface area contributed by atoms with E-state index in [9.17, 15) is 24.1 Å². The summed E-state index contributed by atoms with van der Waals surface area (Å²) < 4.78 is 29.5. The maximum atomic E-state index is 13.4. The van der Waals surface area contributed by atoms with Crippen molar-refractivity contribution in [2.75, 3.05) is 32.4 Å². The number of unbranched alkanes of at least 4 members (excludes halogenated alkanes) is 1. The lowest BCUT2D eigenvalue weighted by molar-refractivity contribution is -0.140. The average molecular weight is 479 g/mol. The predicted molar refractivity (Wildman–Crippen MR) is 120 cm³/mol. The quantitative estimate of drug-likeness (QED) is 0.391. The highest BCUT2D eigenvalue weighted by molar-refractivity contribution is 7.62. The van der Waals surface area contributed by atoms with Crippen LogP contribution >= 0.6 is 7.37 Å². The molecule has 11 heteroatoms. The Morgan fingerprint density at radius 1 is 1.03 bits per heavy atom. The van der Waals surface area contributed by atoms with Gasteiger partial charge in [0.25, 0.3) is 0 Å². The number of hydrogen-bond acceptors (Lipinski definition) is 8. The Hall–Kier alpha value is -1.64. The molecule has 0 bridgehead atoms. The third kappa shape index (κ3) is 7.74. The molecule has 2 amide bonds. The highest BCUT2D eigenvalue weighted by Crippen LogP contribution is 2.62. The maximum absolute atomic E-state index is 13.4. The Bertz CT molecular complexity index is 694. The zero-order valence-corrected chi connectivity index (χ0v) is 21.3. The molecule has 0 aliphatic carbocycles. The molecule has 1 aliphatic rings. The highest BCUT2D eigenvalue weighted by atomic mass is 31.2. The van der Waals surface area contributed by atoms with Gasteiger partial charge in [-0.3, -0.25) is 9.36 Å². The summed E-state index contributed by atoms with van der Waals surface area (Å²) in [5, 5.41) is 11.4. The minimum absolute atomic E-state index is 0.0219. The van der Waals surface area contributed by atoms with Crippen molar-refractivity contribution in [2.45, 2.75) is 84.1 Å². The van der Waals surface area contributed by atoms with Gasteiger partial charge in [0.2, 0.25) is 7.37 Å². The molecule has 10 nitrogen and oxygen atoms in total. The van der Waals surface area contributed by atoms with Gasteiger partial charge >= 0.3 is 18.2 Å². The lowest BCUT2D eigenvalue weighted by Gasteiger charge is -2.40. The molecule has 0 saturated carbocycles. The monoisotopic (exact) mass is 478 g/mol. The predicted octanol–water partition coefficient (Wildman–Crippen LogP) is 4.07. The molecule has 0 spiro atoms. The molecule has 1 heterocycles. The van der Waals surface area contributed by atoms with Gasteiger partial charge in [-0.2, -0.15) is 0 Å². The van der Waals surface area contributed by atoms with Gasteiger partial charge in [0.15, 0.2) is 5.16 Å². The van der Waals surface area contributed by atoms with Gasteiger partial charge in [-0.1, -0.05) is 0 Å². The molecule has 0 aromatic heterocycles. The molecule has 1 rings (SSSR count). The Morgan fingerprint density at radius 3 is 2.00 bits per heavy atom. The molecule has 0 aromatic carbocycles. The summed E-state index contributed by atoms with van der Waals surface area (Å²) in [6.45, 7) is 12.4. The van der Waals surface area contributed by atoms with Crippen LogP contribution < -0.4 is 5.32 Å². The molecule has 2 atom stereocenters. The van der Waals surface area contributed by atoms with Crippen molar-refractivity contribution in [3.8, 4) is 0 Å². The second-order valence-corrected chi connectivity index (χ2v) is 12.8. The zero-order valence-electron chi connectivity index (χ0n) is 20.4. The number of carboxylic acids is 1.